The van der Waals surface area contributed by atoms with E-state index in [-0.39, 0.29) is 33.8 Å². The summed E-state index contributed by atoms with van der Waals surface area (Å²) in [5, 5.41) is 10.4. The van der Waals surface area contributed by atoms with Crippen LogP contribution < -0.4 is 51.8 Å². The molecular formula is C104H96BN3S2Si. The molecule has 2 aliphatic rings. The fraction of sp³-hybridized carbons (Fsp3) is 0.192. The second-order valence-corrected chi connectivity index (χ2v) is 42.0. The van der Waals surface area contributed by atoms with Gasteiger partial charge in [0.2, 0.25) is 0 Å². The van der Waals surface area contributed by atoms with Gasteiger partial charge < -0.3 is 14.7 Å². The van der Waals surface area contributed by atoms with Gasteiger partial charge in [-0.1, -0.05) is 334 Å². The minimum atomic E-state index is -3.22. The molecule has 0 spiro atoms. The van der Waals surface area contributed by atoms with Gasteiger partial charge in [0, 0.05) is 91.3 Å². The van der Waals surface area contributed by atoms with E-state index >= 15 is 0 Å². The van der Waals surface area contributed by atoms with Crippen molar-refractivity contribution in [3.8, 4) is 22.3 Å². The van der Waals surface area contributed by atoms with Crippen LogP contribution in [0.1, 0.15) is 132 Å². The third kappa shape index (κ3) is 12.0. The lowest BCUT2D eigenvalue weighted by Gasteiger charge is -2.47. The number of rotatable bonds is 11. The van der Waals surface area contributed by atoms with E-state index in [0.717, 1.165) is 22.7 Å². The van der Waals surface area contributed by atoms with Gasteiger partial charge in [0.25, 0.3) is 6.71 Å². The van der Waals surface area contributed by atoms with Crippen molar-refractivity contribution in [2.45, 2.75) is 131 Å². The Morgan fingerprint density at radius 3 is 1.08 bits per heavy atom. The quantitative estimate of drug-likeness (QED) is 0.0944. The van der Waals surface area contributed by atoms with E-state index in [2.05, 4.69) is 428 Å². The summed E-state index contributed by atoms with van der Waals surface area (Å²) in [5.41, 5.74) is 24.6. The highest BCUT2D eigenvalue weighted by Gasteiger charge is 2.49. The molecule has 546 valence electrons. The third-order valence-electron chi connectivity index (χ3n) is 23.7. The molecule has 111 heavy (non-hydrogen) atoms. The van der Waals surface area contributed by atoms with Gasteiger partial charge in [-0.05, 0) is 182 Å². The molecule has 18 rings (SSSR count). The molecule has 0 aliphatic carbocycles. The summed E-state index contributed by atoms with van der Waals surface area (Å²) in [6.45, 7) is 35.3. The number of nitrogens with zero attached hydrogens (tertiary/aromatic N) is 3. The molecule has 2 aromatic heterocycles. The first-order valence-corrected chi connectivity index (χ1v) is 43.2. The van der Waals surface area contributed by atoms with E-state index in [4.69, 9.17) is 0 Å². The Kier molecular flexibility index (Phi) is 17.3. The van der Waals surface area contributed by atoms with Gasteiger partial charge in [-0.2, -0.15) is 0 Å². The molecule has 7 heteroatoms. The van der Waals surface area contributed by atoms with Crippen LogP contribution in [-0.4, -0.2) is 14.8 Å². The Morgan fingerprint density at radius 1 is 0.297 bits per heavy atom. The first-order valence-electron chi connectivity index (χ1n) is 39.6. The van der Waals surface area contributed by atoms with Crippen LogP contribution in [0, 0.1) is 0 Å². The molecule has 0 atom stereocenters. The third-order valence-corrected chi connectivity index (χ3v) is 30.9. The topological polar surface area (TPSA) is 9.72 Å². The summed E-state index contributed by atoms with van der Waals surface area (Å²) < 4.78 is 5.20. The molecule has 14 aromatic carbocycles. The minimum absolute atomic E-state index is 0.0436. The second-order valence-electron chi connectivity index (χ2n) is 36.1. The van der Waals surface area contributed by atoms with Gasteiger partial charge >= 0.3 is 0 Å². The summed E-state index contributed by atoms with van der Waals surface area (Å²) in [5.74, 6) is 0. The van der Waals surface area contributed by atoms with Crippen LogP contribution in [0.15, 0.2) is 309 Å². The maximum Gasteiger partial charge on any atom is 0.252 e. The van der Waals surface area contributed by atoms with E-state index in [1.807, 2.05) is 22.7 Å². The standard InChI is InChI=1S/C104H96BN3S2Si/c1-100(2,3)69-49-53-72(54-50-69)106(73-55-51-70(52-56-73)101(4,5)6)74-57-59-85-88(63-74)108(97-82(68-37-23-17-24-38-68)66-84(104(13,14)15)99-94(97)80-46-32-34-48-92(80)110-99)90-62-71(102(7,8)9)61-89-95(90)105(85)86-64-78(111(75-39-25-18-26-40-75,76-41-27-19-28-42-76)77-43-29-20-30-44-77)58-60-87(86)107(89)96-81(67-35-21-16-22-36-67)65-83(103(10,11)12)98-93(96)79-45-31-33-47-91(79)109-98/h16-66H,1-15H3. The van der Waals surface area contributed by atoms with Crippen LogP contribution in [0.5, 0.6) is 0 Å². The summed E-state index contributed by atoms with van der Waals surface area (Å²) in [6.07, 6.45) is 0. The zero-order chi connectivity index (χ0) is 76.8. The van der Waals surface area contributed by atoms with Crippen molar-refractivity contribution in [1.82, 2.24) is 0 Å². The van der Waals surface area contributed by atoms with E-state index in [9.17, 15) is 0 Å². The zero-order valence-electron chi connectivity index (χ0n) is 66.7. The van der Waals surface area contributed by atoms with Crippen LogP contribution >= 0.6 is 22.7 Å². The summed E-state index contributed by atoms with van der Waals surface area (Å²) in [6, 6.07) is 121. The molecule has 4 heterocycles. The Hall–Kier alpha value is -10.8. The average molecular weight is 1490 g/mol. The zero-order valence-corrected chi connectivity index (χ0v) is 69.3. The van der Waals surface area contributed by atoms with Gasteiger partial charge in [0.05, 0.1) is 11.4 Å². The summed E-state index contributed by atoms with van der Waals surface area (Å²) >= 11 is 3.90. The minimum Gasteiger partial charge on any atom is -0.310 e. The predicted octanol–water partition coefficient (Wildman–Crippen LogP) is 25.2. The van der Waals surface area contributed by atoms with Crippen LogP contribution in [0.2, 0.25) is 0 Å². The van der Waals surface area contributed by atoms with Crippen LogP contribution in [0.3, 0.4) is 0 Å². The van der Waals surface area contributed by atoms with Crippen LogP contribution in [0.25, 0.3) is 62.6 Å². The molecule has 16 aromatic rings. The monoisotopic (exact) mass is 1490 g/mol. The van der Waals surface area contributed by atoms with Crippen molar-refractivity contribution in [2.24, 2.45) is 0 Å². The smallest absolute Gasteiger partial charge is 0.252 e. The lowest BCUT2D eigenvalue weighted by Crippen LogP contribution is -2.75. The SMILES string of the molecule is CC(C)(C)c1ccc(N(c2ccc(C(C)(C)C)cc2)c2ccc3c(c2)N(c2c(-c4ccccc4)cc(C(C)(C)C)c4sc5ccccc5c24)c2cc(C(C)(C)C)cc4c2B3c2cc([Si](c3ccccc3)(c3ccccc3)c3ccccc3)ccc2N4c2c(-c3ccccc3)cc(C(C)(C)C)c3sc4ccccc4c23)cc1. The molecule has 0 unspecified atom stereocenters. The Balaban J connectivity index is 1.06. The highest BCUT2D eigenvalue weighted by atomic mass is 32.1. The number of hydrogen-bond acceptors (Lipinski definition) is 5. The number of hydrogen-bond donors (Lipinski definition) is 0. The molecule has 0 amide bonds. The van der Waals surface area contributed by atoms with E-state index in [1.54, 1.807) is 0 Å². The van der Waals surface area contributed by atoms with Crippen molar-refractivity contribution in [3.05, 3.63) is 337 Å². The highest BCUT2D eigenvalue weighted by molar-refractivity contribution is 7.26. The number of thiophene rings is 2. The predicted molar refractivity (Wildman–Crippen MR) is 489 cm³/mol. The molecule has 3 nitrogen and oxygen atoms in total. The highest BCUT2D eigenvalue weighted by Crippen LogP contribution is 2.58. The van der Waals surface area contributed by atoms with Crippen molar-refractivity contribution in [3.63, 3.8) is 0 Å². The fourth-order valence-corrected chi connectivity index (χ4v) is 25.7. The van der Waals surface area contributed by atoms with Crippen molar-refractivity contribution in [2.75, 3.05) is 14.7 Å². The number of fused-ring (bicyclic) bond motifs is 10. The van der Waals surface area contributed by atoms with Crippen LogP contribution in [-0.2, 0) is 27.1 Å². The summed E-state index contributed by atoms with van der Waals surface area (Å²) in [4.78, 5) is 8.13. The normalized spacial score (nSPS) is 13.3. The van der Waals surface area contributed by atoms with Gasteiger partial charge in [-0.15, -0.1) is 22.7 Å². The first kappa shape index (κ1) is 71.8. The fourth-order valence-electron chi connectivity index (χ4n) is 18.0. The van der Waals surface area contributed by atoms with Gasteiger partial charge in [-0.3, -0.25) is 0 Å². The molecule has 2 aliphatic heterocycles. The van der Waals surface area contributed by atoms with Gasteiger partial charge in [-0.25, -0.2) is 0 Å². The Labute approximate surface area is 666 Å². The maximum absolute atomic E-state index is 3.22. The number of anilines is 9. The van der Waals surface area contributed by atoms with E-state index < -0.39 is 8.07 Å². The average Bonchev–Trinajstić information content (AvgIpc) is 1.67. The lowest BCUT2D eigenvalue weighted by molar-refractivity contribution is 0.590. The molecule has 0 radical (unpaired) electrons. The Bertz CT molecular complexity index is 6110. The van der Waals surface area contributed by atoms with Crippen LogP contribution in [0.4, 0.5) is 51.2 Å². The van der Waals surface area contributed by atoms with E-state index in [1.165, 1.54) is 156 Å². The van der Waals surface area contributed by atoms with E-state index in [0.29, 0.717) is 0 Å². The van der Waals surface area contributed by atoms with Crippen molar-refractivity contribution < 1.29 is 0 Å². The van der Waals surface area contributed by atoms with Gasteiger partial charge in [0.15, 0.2) is 8.07 Å². The molecule has 0 fully saturated rings. The van der Waals surface area contributed by atoms with Crippen molar-refractivity contribution >= 4 is 166 Å². The summed E-state index contributed by atoms with van der Waals surface area (Å²) in [7, 11) is -3.22. The largest absolute Gasteiger partial charge is 0.310 e. The lowest BCUT2D eigenvalue weighted by atomic mass is 9.33. The molecular weight excluding hydrogens is 1390 g/mol. The molecule has 0 N–H and O–H groups in total. The molecule has 0 saturated carbocycles. The molecule has 0 bridgehead atoms. The first-order chi connectivity index (χ1) is 53.2. The van der Waals surface area contributed by atoms with Gasteiger partial charge in [0.1, 0.15) is 0 Å². The second kappa shape index (κ2) is 26.7. The Morgan fingerprint density at radius 2 is 0.676 bits per heavy atom. The number of benzene rings is 14. The maximum atomic E-state index is 2.81. The molecule has 0 saturated heterocycles. The van der Waals surface area contributed by atoms with Crippen molar-refractivity contribution in [1.29, 1.82) is 0 Å².